The zero-order chi connectivity index (χ0) is 17.4. The third kappa shape index (κ3) is 3.77. The maximum atomic E-state index is 12.5. The van der Waals surface area contributed by atoms with E-state index in [1.807, 2.05) is 19.9 Å². The summed E-state index contributed by atoms with van der Waals surface area (Å²) in [6.45, 7) is 5.22. The SMILES string of the molecule is CC(=O)c1cc(C(=O)NC(C)(C)c2ccc(Cl)c(Cl)c2)n(C)c1. The van der Waals surface area contributed by atoms with Gasteiger partial charge in [0.25, 0.3) is 5.91 Å². The number of benzene rings is 1. The number of aryl methyl sites for hydroxylation is 1. The van der Waals surface area contributed by atoms with E-state index in [4.69, 9.17) is 23.2 Å². The molecule has 0 aliphatic rings. The lowest BCUT2D eigenvalue weighted by atomic mass is 9.94. The van der Waals surface area contributed by atoms with Gasteiger partial charge in [-0.15, -0.1) is 0 Å². The number of Topliss-reactive ketones (excluding diaryl/α,β-unsaturated/α-hetero) is 1. The van der Waals surface area contributed by atoms with Crippen LogP contribution in [-0.2, 0) is 12.6 Å². The van der Waals surface area contributed by atoms with Gasteiger partial charge in [-0.3, -0.25) is 9.59 Å². The zero-order valence-electron chi connectivity index (χ0n) is 13.4. The van der Waals surface area contributed by atoms with Gasteiger partial charge in [-0.1, -0.05) is 29.3 Å². The van der Waals surface area contributed by atoms with Crippen LogP contribution in [0.5, 0.6) is 0 Å². The fraction of sp³-hybridized carbons (Fsp3) is 0.294. The molecule has 2 aromatic rings. The van der Waals surface area contributed by atoms with Gasteiger partial charge in [-0.05, 0) is 44.5 Å². The van der Waals surface area contributed by atoms with Gasteiger partial charge < -0.3 is 9.88 Å². The highest BCUT2D eigenvalue weighted by atomic mass is 35.5. The molecule has 0 saturated carbocycles. The van der Waals surface area contributed by atoms with Crippen molar-refractivity contribution in [3.63, 3.8) is 0 Å². The number of carbonyl (C=O) groups is 2. The van der Waals surface area contributed by atoms with Gasteiger partial charge in [-0.25, -0.2) is 0 Å². The number of aromatic nitrogens is 1. The van der Waals surface area contributed by atoms with Gasteiger partial charge in [0.15, 0.2) is 5.78 Å². The molecular weight excluding hydrogens is 335 g/mol. The van der Waals surface area contributed by atoms with Gasteiger partial charge >= 0.3 is 0 Å². The summed E-state index contributed by atoms with van der Waals surface area (Å²) in [6.07, 6.45) is 1.64. The van der Waals surface area contributed by atoms with E-state index >= 15 is 0 Å². The molecule has 0 radical (unpaired) electrons. The number of nitrogens with one attached hydrogen (secondary N) is 1. The number of ketones is 1. The van der Waals surface area contributed by atoms with E-state index in [0.29, 0.717) is 21.3 Å². The van der Waals surface area contributed by atoms with Crippen LogP contribution in [0, 0.1) is 0 Å². The second-order valence-corrected chi connectivity index (χ2v) is 6.80. The van der Waals surface area contributed by atoms with Crippen LogP contribution in [0.3, 0.4) is 0 Å². The molecule has 0 aliphatic carbocycles. The molecule has 23 heavy (non-hydrogen) atoms. The first-order chi connectivity index (χ1) is 10.6. The predicted octanol–water partition coefficient (Wildman–Crippen LogP) is 4.20. The van der Waals surface area contributed by atoms with Crippen LogP contribution in [0.1, 0.15) is 47.2 Å². The number of halogens is 2. The molecule has 0 unspecified atom stereocenters. The molecule has 1 N–H and O–H groups in total. The molecule has 1 heterocycles. The maximum absolute atomic E-state index is 12.5. The van der Waals surface area contributed by atoms with Crippen LogP contribution < -0.4 is 5.32 Å². The summed E-state index contributed by atoms with van der Waals surface area (Å²) in [5.74, 6) is -0.348. The molecule has 0 aliphatic heterocycles. The van der Waals surface area contributed by atoms with Crippen molar-refractivity contribution in [2.45, 2.75) is 26.3 Å². The van der Waals surface area contributed by atoms with Crippen LogP contribution in [-0.4, -0.2) is 16.3 Å². The normalized spacial score (nSPS) is 11.4. The molecule has 0 bridgehead atoms. The Bertz CT molecular complexity index is 779. The Morgan fingerprint density at radius 1 is 1.13 bits per heavy atom. The van der Waals surface area contributed by atoms with Crippen molar-refractivity contribution < 1.29 is 9.59 Å². The minimum atomic E-state index is -0.647. The average molecular weight is 353 g/mol. The quantitative estimate of drug-likeness (QED) is 0.838. The minimum absolute atomic E-state index is 0.0802. The fourth-order valence-electron chi connectivity index (χ4n) is 2.29. The highest BCUT2D eigenvalue weighted by Crippen LogP contribution is 2.28. The third-order valence-electron chi connectivity index (χ3n) is 3.71. The summed E-state index contributed by atoms with van der Waals surface area (Å²) in [5.41, 5.74) is 1.11. The summed E-state index contributed by atoms with van der Waals surface area (Å²) >= 11 is 12.0. The van der Waals surface area contributed by atoms with E-state index in [1.165, 1.54) is 6.92 Å². The van der Waals surface area contributed by atoms with E-state index in [-0.39, 0.29) is 11.7 Å². The van der Waals surface area contributed by atoms with Crippen molar-refractivity contribution in [1.82, 2.24) is 9.88 Å². The average Bonchev–Trinajstić information content (AvgIpc) is 2.83. The Morgan fingerprint density at radius 2 is 1.78 bits per heavy atom. The van der Waals surface area contributed by atoms with Gasteiger partial charge in [0.05, 0.1) is 15.6 Å². The molecule has 0 saturated heterocycles. The van der Waals surface area contributed by atoms with E-state index in [1.54, 1.807) is 36.0 Å². The number of hydrogen-bond acceptors (Lipinski definition) is 2. The van der Waals surface area contributed by atoms with Gasteiger partial charge in [0, 0.05) is 18.8 Å². The first-order valence-electron chi connectivity index (χ1n) is 7.07. The smallest absolute Gasteiger partial charge is 0.268 e. The first-order valence-corrected chi connectivity index (χ1v) is 7.83. The lowest BCUT2D eigenvalue weighted by Gasteiger charge is -2.27. The number of nitrogens with zero attached hydrogens (tertiary/aromatic N) is 1. The van der Waals surface area contributed by atoms with Gasteiger partial charge in [-0.2, -0.15) is 0 Å². The van der Waals surface area contributed by atoms with Crippen molar-refractivity contribution in [1.29, 1.82) is 0 Å². The van der Waals surface area contributed by atoms with E-state index in [9.17, 15) is 9.59 Å². The van der Waals surface area contributed by atoms with E-state index in [0.717, 1.165) is 5.56 Å². The molecule has 1 aromatic carbocycles. The molecule has 6 heteroatoms. The summed E-state index contributed by atoms with van der Waals surface area (Å²) in [5, 5.41) is 3.85. The van der Waals surface area contributed by atoms with Crippen molar-refractivity contribution in [3.05, 3.63) is 57.3 Å². The van der Waals surface area contributed by atoms with Crippen LogP contribution in [0.25, 0.3) is 0 Å². The van der Waals surface area contributed by atoms with Crippen LogP contribution in [0.2, 0.25) is 10.0 Å². The Labute approximate surface area is 145 Å². The highest BCUT2D eigenvalue weighted by molar-refractivity contribution is 6.42. The topological polar surface area (TPSA) is 51.1 Å². The Balaban J connectivity index is 2.27. The summed E-state index contributed by atoms with van der Waals surface area (Å²) in [7, 11) is 1.73. The second kappa shape index (κ2) is 6.38. The Hall–Kier alpha value is -1.78. The molecule has 1 amide bonds. The summed E-state index contributed by atoms with van der Waals surface area (Å²) in [6, 6.07) is 6.84. The highest BCUT2D eigenvalue weighted by Gasteiger charge is 2.25. The van der Waals surface area contributed by atoms with Crippen LogP contribution in [0.4, 0.5) is 0 Å². The molecule has 122 valence electrons. The molecule has 0 spiro atoms. The van der Waals surface area contributed by atoms with Crippen molar-refractivity contribution in [3.8, 4) is 0 Å². The molecule has 1 aromatic heterocycles. The molecule has 4 nitrogen and oxygen atoms in total. The van der Waals surface area contributed by atoms with Gasteiger partial charge in [0.2, 0.25) is 0 Å². The second-order valence-electron chi connectivity index (χ2n) is 5.99. The standard InChI is InChI=1S/C17H18Cl2N2O2/c1-10(22)11-7-15(21(4)9-11)16(23)20-17(2,3)12-5-6-13(18)14(19)8-12/h5-9H,1-4H3,(H,20,23). The molecule has 0 fully saturated rings. The molecule has 0 atom stereocenters. The largest absolute Gasteiger partial charge is 0.346 e. The first kappa shape index (κ1) is 17.6. The fourth-order valence-corrected chi connectivity index (χ4v) is 2.59. The lowest BCUT2D eigenvalue weighted by Crippen LogP contribution is -2.41. The maximum Gasteiger partial charge on any atom is 0.268 e. The summed E-state index contributed by atoms with van der Waals surface area (Å²) < 4.78 is 1.64. The molecule has 2 rings (SSSR count). The third-order valence-corrected chi connectivity index (χ3v) is 4.45. The van der Waals surface area contributed by atoms with E-state index < -0.39 is 5.54 Å². The van der Waals surface area contributed by atoms with E-state index in [2.05, 4.69) is 5.32 Å². The Morgan fingerprint density at radius 3 is 2.30 bits per heavy atom. The molecular formula is C17H18Cl2N2O2. The van der Waals surface area contributed by atoms with Crippen LogP contribution in [0.15, 0.2) is 30.5 Å². The monoisotopic (exact) mass is 352 g/mol. The van der Waals surface area contributed by atoms with Crippen LogP contribution >= 0.6 is 23.2 Å². The Kier molecular flexibility index (Phi) is 4.87. The summed E-state index contributed by atoms with van der Waals surface area (Å²) in [4.78, 5) is 24.0. The number of carbonyl (C=O) groups excluding carboxylic acids is 2. The van der Waals surface area contributed by atoms with Crippen molar-refractivity contribution in [2.24, 2.45) is 7.05 Å². The minimum Gasteiger partial charge on any atom is -0.346 e. The zero-order valence-corrected chi connectivity index (χ0v) is 14.9. The number of amides is 1. The number of hydrogen-bond donors (Lipinski definition) is 1. The van der Waals surface area contributed by atoms with Crippen molar-refractivity contribution >= 4 is 34.9 Å². The lowest BCUT2D eigenvalue weighted by molar-refractivity contribution is 0.0903. The van der Waals surface area contributed by atoms with Crippen molar-refractivity contribution in [2.75, 3.05) is 0 Å². The number of rotatable bonds is 4. The predicted molar refractivity (Wildman–Crippen MR) is 92.4 cm³/mol. The van der Waals surface area contributed by atoms with Gasteiger partial charge in [0.1, 0.15) is 5.69 Å².